The smallest absolute Gasteiger partial charge is 0.256 e. The van der Waals surface area contributed by atoms with Crippen LogP contribution in [0.2, 0.25) is 0 Å². The molecule has 1 atom stereocenters. The van der Waals surface area contributed by atoms with Crippen LogP contribution >= 0.6 is 24.8 Å². The molecule has 1 unspecified atom stereocenters. The van der Waals surface area contributed by atoms with E-state index < -0.39 is 0 Å². The summed E-state index contributed by atoms with van der Waals surface area (Å²) in [5.41, 5.74) is 2.60. The minimum absolute atomic E-state index is 0. The quantitative estimate of drug-likeness (QED) is 0.708. The molecule has 4 rings (SSSR count). The molecule has 8 heteroatoms. The predicted octanol–water partition coefficient (Wildman–Crippen LogP) is 3.11. The van der Waals surface area contributed by atoms with E-state index in [2.05, 4.69) is 15.3 Å². The molecule has 1 aromatic carbocycles. The van der Waals surface area contributed by atoms with Crippen molar-refractivity contribution >= 4 is 30.7 Å². The van der Waals surface area contributed by atoms with E-state index in [1.807, 2.05) is 59.1 Å². The maximum absolute atomic E-state index is 13.2. The van der Waals surface area contributed by atoms with Crippen LogP contribution in [0.4, 0.5) is 0 Å². The first kappa shape index (κ1) is 21.9. The second-order valence-corrected chi connectivity index (χ2v) is 6.44. The van der Waals surface area contributed by atoms with Gasteiger partial charge in [-0.15, -0.1) is 24.8 Å². The van der Waals surface area contributed by atoms with E-state index in [4.69, 9.17) is 0 Å². The maximum Gasteiger partial charge on any atom is 0.256 e. The Labute approximate surface area is 176 Å². The van der Waals surface area contributed by atoms with Gasteiger partial charge >= 0.3 is 0 Å². The van der Waals surface area contributed by atoms with Gasteiger partial charge in [-0.1, -0.05) is 30.3 Å². The number of aromatic nitrogens is 3. The summed E-state index contributed by atoms with van der Waals surface area (Å²) in [4.78, 5) is 23.9. The van der Waals surface area contributed by atoms with Crippen LogP contribution < -0.4 is 5.32 Å². The van der Waals surface area contributed by atoms with E-state index in [1.54, 1.807) is 18.6 Å². The zero-order valence-corrected chi connectivity index (χ0v) is 17.1. The molecule has 1 saturated heterocycles. The summed E-state index contributed by atoms with van der Waals surface area (Å²) in [6.07, 6.45) is 7.11. The van der Waals surface area contributed by atoms with Crippen molar-refractivity contribution in [3.63, 3.8) is 0 Å². The highest BCUT2D eigenvalue weighted by molar-refractivity contribution is 5.95. The summed E-state index contributed by atoms with van der Waals surface area (Å²) in [6.45, 7) is 2.12. The Hall–Kier alpha value is -2.41. The van der Waals surface area contributed by atoms with Crippen LogP contribution in [-0.2, 0) is 7.05 Å². The van der Waals surface area contributed by atoms with Gasteiger partial charge in [0.2, 0.25) is 0 Å². The van der Waals surface area contributed by atoms with Crippen LogP contribution in [0.3, 0.4) is 0 Å². The highest BCUT2D eigenvalue weighted by Gasteiger charge is 2.31. The maximum atomic E-state index is 13.2. The van der Waals surface area contributed by atoms with Gasteiger partial charge in [0.15, 0.2) is 0 Å². The number of rotatable bonds is 3. The third-order valence-electron chi connectivity index (χ3n) is 4.75. The van der Waals surface area contributed by atoms with Crippen LogP contribution in [0.25, 0.3) is 11.1 Å². The molecule has 1 N–H and O–H groups in total. The number of pyridine rings is 1. The van der Waals surface area contributed by atoms with Crippen LogP contribution in [0, 0.1) is 0 Å². The van der Waals surface area contributed by atoms with E-state index in [0.29, 0.717) is 18.7 Å². The molecule has 6 nitrogen and oxygen atoms in total. The Morgan fingerprint density at radius 2 is 1.93 bits per heavy atom. The highest BCUT2D eigenvalue weighted by Crippen LogP contribution is 2.24. The zero-order valence-electron chi connectivity index (χ0n) is 15.5. The van der Waals surface area contributed by atoms with Crippen molar-refractivity contribution < 1.29 is 4.79 Å². The third-order valence-corrected chi connectivity index (χ3v) is 4.75. The number of amides is 1. The van der Waals surface area contributed by atoms with E-state index in [9.17, 15) is 4.79 Å². The Balaban J connectivity index is 0.00000140. The summed E-state index contributed by atoms with van der Waals surface area (Å²) < 4.78 is 1.97. The Morgan fingerprint density at radius 3 is 2.64 bits per heavy atom. The molecule has 28 heavy (non-hydrogen) atoms. The molecule has 0 spiro atoms. The number of aryl methyl sites for hydroxylation is 1. The first-order valence-electron chi connectivity index (χ1n) is 8.73. The van der Waals surface area contributed by atoms with Crippen LogP contribution in [0.15, 0.2) is 61.2 Å². The minimum Gasteiger partial charge on any atom is -0.336 e. The fourth-order valence-electron chi connectivity index (χ4n) is 3.39. The zero-order chi connectivity index (χ0) is 17.9. The van der Waals surface area contributed by atoms with Gasteiger partial charge in [0.05, 0.1) is 5.56 Å². The van der Waals surface area contributed by atoms with Crippen molar-refractivity contribution in [1.29, 1.82) is 0 Å². The first-order chi connectivity index (χ1) is 12.7. The number of halogens is 2. The summed E-state index contributed by atoms with van der Waals surface area (Å²) in [7, 11) is 1.96. The SMILES string of the molecule is Cl.Cl.Cn1ccnc1C1CNCCN1C(=O)c1cncc(-c2ccccc2)c1. The molecule has 2 aromatic heterocycles. The van der Waals surface area contributed by atoms with E-state index in [-0.39, 0.29) is 36.8 Å². The fraction of sp³-hybridized carbons (Fsp3) is 0.250. The van der Waals surface area contributed by atoms with Crippen LogP contribution in [0.5, 0.6) is 0 Å². The van der Waals surface area contributed by atoms with Crippen LogP contribution in [-0.4, -0.2) is 45.0 Å². The normalized spacial score (nSPS) is 16.0. The number of carbonyl (C=O) groups excluding carboxylic acids is 1. The number of benzene rings is 1. The molecular weight excluding hydrogens is 397 g/mol. The third kappa shape index (κ3) is 4.35. The molecular formula is C20H23Cl2N5O. The van der Waals surface area contributed by atoms with Gasteiger partial charge in [-0.2, -0.15) is 0 Å². The van der Waals surface area contributed by atoms with Crippen molar-refractivity contribution in [2.75, 3.05) is 19.6 Å². The lowest BCUT2D eigenvalue weighted by Gasteiger charge is -2.35. The molecule has 148 valence electrons. The van der Waals surface area contributed by atoms with Gasteiger partial charge in [0.1, 0.15) is 11.9 Å². The summed E-state index contributed by atoms with van der Waals surface area (Å²) >= 11 is 0. The summed E-state index contributed by atoms with van der Waals surface area (Å²) in [5, 5.41) is 3.36. The van der Waals surface area contributed by atoms with Gasteiger partial charge in [-0.3, -0.25) is 9.78 Å². The average molecular weight is 420 g/mol. The minimum atomic E-state index is -0.0865. The number of nitrogens with one attached hydrogen (secondary N) is 1. The molecule has 1 fully saturated rings. The predicted molar refractivity (Wildman–Crippen MR) is 114 cm³/mol. The van der Waals surface area contributed by atoms with Crippen molar-refractivity contribution in [2.45, 2.75) is 6.04 Å². The van der Waals surface area contributed by atoms with Crippen molar-refractivity contribution in [2.24, 2.45) is 7.05 Å². The molecule has 0 radical (unpaired) electrons. The summed E-state index contributed by atoms with van der Waals surface area (Å²) in [5.74, 6) is 0.877. The highest BCUT2D eigenvalue weighted by atomic mass is 35.5. The number of imidazole rings is 1. The number of carbonyl (C=O) groups is 1. The molecule has 0 aliphatic carbocycles. The largest absolute Gasteiger partial charge is 0.336 e. The molecule has 1 aliphatic heterocycles. The van der Waals surface area contributed by atoms with Gasteiger partial charge < -0.3 is 14.8 Å². The van der Waals surface area contributed by atoms with Gasteiger partial charge in [-0.05, 0) is 11.6 Å². The van der Waals surface area contributed by atoms with Crippen molar-refractivity contribution in [3.05, 3.63) is 72.6 Å². The molecule has 1 amide bonds. The van der Waals surface area contributed by atoms with Crippen molar-refractivity contribution in [1.82, 2.24) is 24.8 Å². The fourth-order valence-corrected chi connectivity index (χ4v) is 3.39. The van der Waals surface area contributed by atoms with Gasteiger partial charge in [-0.25, -0.2) is 4.98 Å². The van der Waals surface area contributed by atoms with E-state index in [1.165, 1.54) is 0 Å². The Kier molecular flexibility index (Phi) is 7.57. The molecule has 0 bridgehead atoms. The standard InChI is InChI=1S/C20H21N5O.2ClH/c1-24-9-8-23-19(24)18-14-21-7-10-25(18)20(26)17-11-16(12-22-13-17)15-5-3-2-4-6-15;;/h2-6,8-9,11-13,18,21H,7,10,14H2,1H3;2*1H. The van der Waals surface area contributed by atoms with Crippen molar-refractivity contribution in [3.8, 4) is 11.1 Å². The molecule has 1 aliphatic rings. The monoisotopic (exact) mass is 419 g/mol. The lowest BCUT2D eigenvalue weighted by molar-refractivity contribution is 0.0620. The van der Waals surface area contributed by atoms with Gasteiger partial charge in [0.25, 0.3) is 5.91 Å². The van der Waals surface area contributed by atoms with Gasteiger partial charge in [0, 0.05) is 57.0 Å². The molecule has 3 heterocycles. The second kappa shape index (κ2) is 9.68. The molecule has 0 saturated carbocycles. The number of piperazine rings is 1. The number of nitrogens with zero attached hydrogens (tertiary/aromatic N) is 4. The summed E-state index contributed by atoms with van der Waals surface area (Å²) in [6, 6.07) is 11.8. The number of hydrogen-bond acceptors (Lipinski definition) is 4. The first-order valence-corrected chi connectivity index (χ1v) is 8.73. The second-order valence-electron chi connectivity index (χ2n) is 6.44. The average Bonchev–Trinajstić information content (AvgIpc) is 3.14. The topological polar surface area (TPSA) is 63.1 Å². The Morgan fingerprint density at radius 1 is 1.14 bits per heavy atom. The van der Waals surface area contributed by atoms with E-state index >= 15 is 0 Å². The Bertz CT molecular complexity index is 916. The van der Waals surface area contributed by atoms with Crippen LogP contribution in [0.1, 0.15) is 22.2 Å². The van der Waals surface area contributed by atoms with E-state index in [0.717, 1.165) is 23.5 Å². The number of hydrogen-bond donors (Lipinski definition) is 1. The lowest BCUT2D eigenvalue weighted by atomic mass is 10.0. The molecule has 3 aromatic rings. The lowest BCUT2D eigenvalue weighted by Crippen LogP contribution is -2.49.